The zero-order valence-electron chi connectivity index (χ0n) is 13.2. The Morgan fingerprint density at radius 1 is 1.16 bits per heavy atom. The maximum Gasteiger partial charge on any atom is 0.261 e. The number of fused-ring (bicyclic) bond motifs is 1. The van der Waals surface area contributed by atoms with E-state index >= 15 is 0 Å². The average molecular weight is 343 g/mol. The lowest BCUT2D eigenvalue weighted by molar-refractivity contribution is -0.116. The molecule has 0 aliphatic carbocycles. The molecule has 7 heteroatoms. The Labute approximate surface area is 141 Å². The molecule has 0 unspecified atom stereocenters. The molecule has 3 aromatic rings. The molecule has 1 amide bonds. The number of anilines is 1. The van der Waals surface area contributed by atoms with Gasteiger partial charge in [-0.3, -0.25) is 14.2 Å². The van der Waals surface area contributed by atoms with E-state index in [0.717, 1.165) is 6.07 Å². The number of amides is 1. The van der Waals surface area contributed by atoms with Crippen molar-refractivity contribution < 1.29 is 13.6 Å². The Hall–Kier alpha value is -3.09. The highest BCUT2D eigenvalue weighted by molar-refractivity contribution is 5.90. The van der Waals surface area contributed by atoms with Crippen LogP contribution < -0.4 is 10.9 Å². The summed E-state index contributed by atoms with van der Waals surface area (Å²) in [6, 6.07) is 9.96. The maximum atomic E-state index is 13.5. The van der Waals surface area contributed by atoms with Crippen LogP contribution in [0.4, 0.5) is 14.5 Å². The second kappa shape index (κ2) is 7.21. The molecule has 3 rings (SSSR count). The first-order valence-corrected chi connectivity index (χ1v) is 7.73. The minimum atomic E-state index is -0.830. The average Bonchev–Trinajstić information content (AvgIpc) is 2.60. The normalized spacial score (nSPS) is 10.8. The van der Waals surface area contributed by atoms with Crippen LogP contribution in [0.15, 0.2) is 53.6 Å². The fraction of sp³-hybridized carbons (Fsp3) is 0.167. The molecule has 1 aromatic heterocycles. The molecular formula is C18H15F2N3O2. The maximum absolute atomic E-state index is 13.5. The molecule has 0 fully saturated rings. The van der Waals surface area contributed by atoms with Crippen molar-refractivity contribution in [2.24, 2.45) is 0 Å². The first-order chi connectivity index (χ1) is 12.0. The number of hydrogen-bond acceptors (Lipinski definition) is 3. The van der Waals surface area contributed by atoms with E-state index in [4.69, 9.17) is 0 Å². The van der Waals surface area contributed by atoms with Crippen molar-refractivity contribution in [2.45, 2.75) is 19.4 Å². The number of benzene rings is 2. The number of aromatic nitrogens is 2. The smallest absolute Gasteiger partial charge is 0.261 e. The van der Waals surface area contributed by atoms with E-state index in [1.54, 1.807) is 24.3 Å². The van der Waals surface area contributed by atoms with Gasteiger partial charge in [0, 0.05) is 19.0 Å². The molecule has 128 valence electrons. The van der Waals surface area contributed by atoms with Crippen LogP contribution in [0.2, 0.25) is 0 Å². The molecular weight excluding hydrogens is 328 g/mol. The SMILES string of the molecule is O=C(CCCn1cnc2ccccc2c1=O)Nc1ccc(F)cc1F. The van der Waals surface area contributed by atoms with Crippen molar-refractivity contribution in [2.75, 3.05) is 5.32 Å². The third-order valence-corrected chi connectivity index (χ3v) is 3.74. The molecule has 1 heterocycles. The number of halogens is 2. The minimum Gasteiger partial charge on any atom is -0.324 e. The number of hydrogen-bond donors (Lipinski definition) is 1. The molecule has 0 saturated carbocycles. The van der Waals surface area contributed by atoms with Crippen LogP contribution in [0.1, 0.15) is 12.8 Å². The van der Waals surface area contributed by atoms with Gasteiger partial charge in [-0.1, -0.05) is 12.1 Å². The Balaban J connectivity index is 1.60. The Kier molecular flexibility index (Phi) is 4.83. The summed E-state index contributed by atoms with van der Waals surface area (Å²) in [6.07, 6.45) is 1.92. The predicted octanol–water partition coefficient (Wildman–Crippen LogP) is 3.09. The number of nitrogens with one attached hydrogen (secondary N) is 1. The van der Waals surface area contributed by atoms with E-state index in [-0.39, 0.29) is 17.7 Å². The minimum absolute atomic E-state index is 0.0732. The van der Waals surface area contributed by atoms with Crippen LogP contribution in [0.5, 0.6) is 0 Å². The van der Waals surface area contributed by atoms with Gasteiger partial charge >= 0.3 is 0 Å². The molecule has 2 aromatic carbocycles. The van der Waals surface area contributed by atoms with Gasteiger partial charge in [0.2, 0.25) is 5.91 Å². The van der Waals surface area contributed by atoms with Gasteiger partial charge in [-0.25, -0.2) is 13.8 Å². The van der Waals surface area contributed by atoms with E-state index in [2.05, 4.69) is 10.3 Å². The number of nitrogens with zero attached hydrogens (tertiary/aromatic N) is 2. The highest BCUT2D eigenvalue weighted by atomic mass is 19.1. The third kappa shape index (κ3) is 3.88. The molecule has 0 radical (unpaired) electrons. The summed E-state index contributed by atoms with van der Waals surface area (Å²) >= 11 is 0. The standard InChI is InChI=1S/C18H15F2N3O2/c19-12-7-8-16(14(20)10-12)22-17(24)6-3-9-23-11-21-15-5-2-1-4-13(15)18(23)25/h1-2,4-5,7-8,10-11H,3,6,9H2,(H,22,24). The van der Waals surface area contributed by atoms with E-state index in [0.29, 0.717) is 29.9 Å². The summed E-state index contributed by atoms with van der Waals surface area (Å²) in [6.45, 7) is 0.315. The molecule has 0 spiro atoms. The van der Waals surface area contributed by atoms with Crippen LogP contribution in [0.25, 0.3) is 10.9 Å². The third-order valence-electron chi connectivity index (χ3n) is 3.74. The molecule has 0 saturated heterocycles. The van der Waals surface area contributed by atoms with Crippen LogP contribution >= 0.6 is 0 Å². The van der Waals surface area contributed by atoms with Crippen molar-refractivity contribution in [1.82, 2.24) is 9.55 Å². The molecule has 0 aliphatic rings. The highest BCUT2D eigenvalue weighted by Gasteiger charge is 2.09. The van der Waals surface area contributed by atoms with Crippen LogP contribution in [0.3, 0.4) is 0 Å². The van der Waals surface area contributed by atoms with Crippen molar-refractivity contribution >= 4 is 22.5 Å². The van der Waals surface area contributed by atoms with Gasteiger partial charge in [-0.2, -0.15) is 0 Å². The fourth-order valence-corrected chi connectivity index (χ4v) is 2.48. The van der Waals surface area contributed by atoms with Crippen LogP contribution in [-0.2, 0) is 11.3 Å². The second-order valence-corrected chi connectivity index (χ2v) is 5.54. The van der Waals surface area contributed by atoms with Gasteiger partial charge in [0.15, 0.2) is 0 Å². The summed E-state index contributed by atoms with van der Waals surface area (Å²) in [5.41, 5.74) is 0.375. The zero-order valence-corrected chi connectivity index (χ0v) is 13.2. The molecule has 5 nitrogen and oxygen atoms in total. The number of aryl methyl sites for hydroxylation is 1. The Bertz CT molecular complexity index is 985. The number of carbonyl (C=O) groups excluding carboxylic acids is 1. The second-order valence-electron chi connectivity index (χ2n) is 5.54. The topological polar surface area (TPSA) is 64.0 Å². The van der Waals surface area contributed by atoms with Crippen molar-refractivity contribution in [3.63, 3.8) is 0 Å². The first kappa shape index (κ1) is 16.8. The summed E-state index contributed by atoms with van der Waals surface area (Å²) in [4.78, 5) is 28.4. The van der Waals surface area contributed by atoms with E-state index < -0.39 is 17.5 Å². The highest BCUT2D eigenvalue weighted by Crippen LogP contribution is 2.15. The Morgan fingerprint density at radius 3 is 2.76 bits per heavy atom. The van der Waals surface area contributed by atoms with Gasteiger partial charge in [0.25, 0.3) is 5.56 Å². The van der Waals surface area contributed by atoms with E-state index in [1.807, 2.05) is 0 Å². The molecule has 25 heavy (non-hydrogen) atoms. The molecule has 0 bridgehead atoms. The summed E-state index contributed by atoms with van der Waals surface area (Å²) in [7, 11) is 0. The fourth-order valence-electron chi connectivity index (χ4n) is 2.48. The summed E-state index contributed by atoms with van der Waals surface area (Å²) in [5.74, 6) is -1.95. The predicted molar refractivity (Wildman–Crippen MR) is 90.2 cm³/mol. The molecule has 1 N–H and O–H groups in total. The van der Waals surface area contributed by atoms with Gasteiger partial charge in [0.05, 0.1) is 22.9 Å². The lowest BCUT2D eigenvalue weighted by Crippen LogP contribution is -2.21. The van der Waals surface area contributed by atoms with Crippen molar-refractivity contribution in [1.29, 1.82) is 0 Å². The van der Waals surface area contributed by atoms with Gasteiger partial charge in [-0.15, -0.1) is 0 Å². The van der Waals surface area contributed by atoms with Crippen LogP contribution in [-0.4, -0.2) is 15.5 Å². The quantitative estimate of drug-likeness (QED) is 0.774. The lowest BCUT2D eigenvalue weighted by Gasteiger charge is -2.08. The summed E-state index contributed by atoms with van der Waals surface area (Å²) in [5, 5.41) is 2.90. The zero-order chi connectivity index (χ0) is 17.8. The van der Waals surface area contributed by atoms with Crippen molar-refractivity contribution in [3.05, 3.63) is 70.8 Å². The summed E-state index contributed by atoms with van der Waals surface area (Å²) < 4.78 is 27.8. The van der Waals surface area contributed by atoms with Gasteiger partial charge in [-0.05, 0) is 30.7 Å². The Morgan fingerprint density at radius 2 is 1.96 bits per heavy atom. The van der Waals surface area contributed by atoms with Gasteiger partial charge < -0.3 is 5.32 Å². The lowest BCUT2D eigenvalue weighted by atomic mass is 10.2. The number of rotatable bonds is 5. The number of carbonyl (C=O) groups is 1. The van der Waals surface area contributed by atoms with Crippen molar-refractivity contribution in [3.8, 4) is 0 Å². The van der Waals surface area contributed by atoms with Gasteiger partial charge in [0.1, 0.15) is 11.6 Å². The monoisotopic (exact) mass is 343 g/mol. The van der Waals surface area contributed by atoms with E-state index in [9.17, 15) is 18.4 Å². The molecule has 0 aliphatic heterocycles. The molecule has 0 atom stereocenters. The van der Waals surface area contributed by atoms with E-state index in [1.165, 1.54) is 17.0 Å². The first-order valence-electron chi connectivity index (χ1n) is 7.73. The number of para-hydroxylation sites is 1. The largest absolute Gasteiger partial charge is 0.324 e. The van der Waals surface area contributed by atoms with Crippen LogP contribution in [0, 0.1) is 11.6 Å².